The minimum absolute atomic E-state index is 0.156. The molecule has 1 amide bonds. The van der Waals surface area contributed by atoms with Crippen molar-refractivity contribution in [2.24, 2.45) is 0 Å². The Kier molecular flexibility index (Phi) is 3.72. The fraction of sp³-hybridized carbons (Fsp3) is 0.0769. The molecule has 1 aliphatic heterocycles. The van der Waals surface area contributed by atoms with Crippen molar-refractivity contribution in [3.8, 4) is 0 Å². The number of rotatable bonds is 1. The minimum atomic E-state index is -0.541. The highest BCUT2D eigenvalue weighted by Crippen LogP contribution is 2.53. The van der Waals surface area contributed by atoms with Crippen LogP contribution in [-0.4, -0.2) is 15.8 Å². The van der Waals surface area contributed by atoms with E-state index in [-0.39, 0.29) is 11.6 Å². The van der Waals surface area contributed by atoms with Crippen LogP contribution in [0.1, 0.15) is 6.92 Å². The molecule has 0 spiro atoms. The van der Waals surface area contributed by atoms with Crippen molar-refractivity contribution in [2.45, 2.75) is 16.7 Å². The second kappa shape index (κ2) is 5.42. The number of nitro groups is 1. The lowest BCUT2D eigenvalue weighted by molar-refractivity contribution is -0.385. The molecule has 0 saturated heterocycles. The van der Waals surface area contributed by atoms with E-state index in [4.69, 9.17) is 23.2 Å². The van der Waals surface area contributed by atoms with Crippen LogP contribution in [-0.2, 0) is 4.79 Å². The van der Waals surface area contributed by atoms with Gasteiger partial charge in [-0.1, -0.05) is 35.0 Å². The first-order chi connectivity index (χ1) is 10.4. The second-order valence-corrected chi connectivity index (χ2v) is 6.30. The lowest BCUT2D eigenvalue weighted by atomic mass is 10.2. The third-order valence-electron chi connectivity index (χ3n) is 3.03. The van der Waals surface area contributed by atoms with Gasteiger partial charge in [-0.2, -0.15) is 0 Å². The normalized spacial score (nSPS) is 12.6. The summed E-state index contributed by atoms with van der Waals surface area (Å²) in [5.41, 5.74) is 0.289. The summed E-state index contributed by atoms with van der Waals surface area (Å²) in [6.45, 7) is 1.36. The van der Waals surface area contributed by atoms with E-state index < -0.39 is 4.92 Å². The van der Waals surface area contributed by atoms with E-state index in [1.807, 2.05) is 0 Å². The van der Waals surface area contributed by atoms with E-state index in [1.54, 1.807) is 12.1 Å². The Morgan fingerprint density at radius 1 is 1.36 bits per heavy atom. The number of hydrogen-bond acceptors (Lipinski definition) is 5. The Morgan fingerprint density at radius 3 is 2.68 bits per heavy atom. The van der Waals surface area contributed by atoms with Gasteiger partial charge in [-0.3, -0.25) is 19.8 Å². The molecule has 1 aromatic heterocycles. The van der Waals surface area contributed by atoms with Gasteiger partial charge < -0.3 is 0 Å². The standard InChI is InChI=1S/C13H7Cl2N3O3S/c1-6(19)17-11-8(14)2-3-9(15)12(11)22-10-4-7(18(20)21)5-16-13(10)17/h2-5H,1H3. The van der Waals surface area contributed by atoms with Crippen molar-refractivity contribution in [1.29, 1.82) is 0 Å². The Hall–Kier alpha value is -1.83. The third kappa shape index (κ3) is 2.31. The summed E-state index contributed by atoms with van der Waals surface area (Å²) in [4.78, 5) is 28.8. The van der Waals surface area contributed by atoms with Gasteiger partial charge in [-0.15, -0.1) is 0 Å². The number of carbonyl (C=O) groups is 1. The number of amides is 1. The van der Waals surface area contributed by atoms with Crippen molar-refractivity contribution in [2.75, 3.05) is 4.90 Å². The van der Waals surface area contributed by atoms with Crippen LogP contribution >= 0.6 is 35.0 Å². The summed E-state index contributed by atoms with van der Waals surface area (Å²) in [5.74, 6) is -0.00640. The van der Waals surface area contributed by atoms with Gasteiger partial charge in [0.1, 0.15) is 6.20 Å². The molecule has 9 heteroatoms. The zero-order chi connectivity index (χ0) is 16.0. The second-order valence-electron chi connectivity index (χ2n) is 4.44. The van der Waals surface area contributed by atoms with E-state index in [1.165, 1.54) is 29.7 Å². The van der Waals surface area contributed by atoms with Gasteiger partial charge in [-0.25, -0.2) is 4.98 Å². The molecule has 6 nitrogen and oxygen atoms in total. The molecular weight excluding hydrogens is 349 g/mol. The van der Waals surface area contributed by atoms with Gasteiger partial charge in [0.15, 0.2) is 5.82 Å². The average Bonchev–Trinajstić information content (AvgIpc) is 2.48. The molecule has 1 aliphatic rings. The van der Waals surface area contributed by atoms with E-state index in [9.17, 15) is 14.9 Å². The summed E-state index contributed by atoms with van der Waals surface area (Å²) in [7, 11) is 0. The number of nitrogens with zero attached hydrogens (tertiary/aromatic N) is 3. The first-order valence-corrected chi connectivity index (χ1v) is 7.58. The molecule has 0 atom stereocenters. The molecule has 3 rings (SSSR count). The quantitative estimate of drug-likeness (QED) is 0.557. The zero-order valence-electron chi connectivity index (χ0n) is 11.0. The predicted octanol–water partition coefficient (Wildman–Crippen LogP) is 4.45. The molecule has 0 unspecified atom stereocenters. The molecule has 0 bridgehead atoms. The lowest BCUT2D eigenvalue weighted by Gasteiger charge is -2.30. The Balaban J connectivity index is 2.27. The number of anilines is 2. The van der Waals surface area contributed by atoms with Crippen LogP contribution in [0.25, 0.3) is 0 Å². The summed E-state index contributed by atoms with van der Waals surface area (Å²) in [6, 6.07) is 4.57. The highest BCUT2D eigenvalue weighted by molar-refractivity contribution is 7.99. The molecule has 0 saturated carbocycles. The Bertz CT molecular complexity index is 828. The number of carbonyl (C=O) groups excluding carboxylic acids is 1. The fourth-order valence-electron chi connectivity index (χ4n) is 2.12. The van der Waals surface area contributed by atoms with Crippen molar-refractivity contribution < 1.29 is 9.72 Å². The van der Waals surface area contributed by atoms with Gasteiger partial charge in [0, 0.05) is 13.0 Å². The maximum Gasteiger partial charge on any atom is 0.288 e. The van der Waals surface area contributed by atoms with Crippen LogP contribution in [0.15, 0.2) is 34.2 Å². The molecule has 0 aliphatic carbocycles. The third-order valence-corrected chi connectivity index (χ3v) is 4.90. The summed E-state index contributed by atoms with van der Waals surface area (Å²) < 4.78 is 0. The van der Waals surface area contributed by atoms with Crippen LogP contribution in [0.2, 0.25) is 10.0 Å². The molecule has 112 valence electrons. The van der Waals surface area contributed by atoms with E-state index in [2.05, 4.69) is 4.98 Å². The number of aromatic nitrogens is 1. The maximum atomic E-state index is 12.0. The molecule has 1 aromatic carbocycles. The fourth-order valence-corrected chi connectivity index (χ4v) is 3.78. The van der Waals surface area contributed by atoms with Crippen molar-refractivity contribution in [1.82, 2.24) is 4.98 Å². The van der Waals surface area contributed by atoms with Crippen LogP contribution in [0.5, 0.6) is 0 Å². The predicted molar refractivity (Wildman–Crippen MR) is 84.3 cm³/mol. The van der Waals surface area contributed by atoms with Crippen LogP contribution < -0.4 is 4.90 Å². The molecule has 2 heterocycles. The van der Waals surface area contributed by atoms with E-state index >= 15 is 0 Å². The number of benzene rings is 1. The smallest absolute Gasteiger partial charge is 0.274 e. The minimum Gasteiger partial charge on any atom is -0.274 e. The largest absolute Gasteiger partial charge is 0.288 e. The Labute approximate surface area is 139 Å². The maximum absolute atomic E-state index is 12.0. The molecule has 0 N–H and O–H groups in total. The van der Waals surface area contributed by atoms with Gasteiger partial charge in [-0.05, 0) is 12.1 Å². The van der Waals surface area contributed by atoms with Crippen molar-refractivity contribution >= 4 is 58.1 Å². The molecule has 22 heavy (non-hydrogen) atoms. The van der Waals surface area contributed by atoms with Crippen LogP contribution in [0.3, 0.4) is 0 Å². The highest BCUT2D eigenvalue weighted by atomic mass is 35.5. The van der Waals surface area contributed by atoms with Gasteiger partial charge in [0.05, 0.1) is 30.4 Å². The number of halogens is 2. The van der Waals surface area contributed by atoms with E-state index in [0.717, 1.165) is 6.20 Å². The zero-order valence-corrected chi connectivity index (χ0v) is 13.4. The summed E-state index contributed by atoms with van der Waals surface area (Å²) in [6.07, 6.45) is 1.11. The van der Waals surface area contributed by atoms with Crippen molar-refractivity contribution in [3.63, 3.8) is 0 Å². The number of hydrogen-bond donors (Lipinski definition) is 0. The summed E-state index contributed by atoms with van der Waals surface area (Å²) in [5, 5.41) is 11.7. The number of fused-ring (bicyclic) bond motifs is 2. The molecule has 2 aromatic rings. The SMILES string of the molecule is CC(=O)N1c2ncc([N+](=O)[O-])cc2Sc2c(Cl)ccc(Cl)c21. The van der Waals surface area contributed by atoms with Crippen LogP contribution in [0.4, 0.5) is 17.2 Å². The molecule has 0 fully saturated rings. The molecule has 0 radical (unpaired) electrons. The Morgan fingerprint density at radius 2 is 2.05 bits per heavy atom. The van der Waals surface area contributed by atoms with Gasteiger partial charge in [0.2, 0.25) is 5.91 Å². The first-order valence-electron chi connectivity index (χ1n) is 6.01. The monoisotopic (exact) mass is 355 g/mol. The van der Waals surface area contributed by atoms with Crippen molar-refractivity contribution in [3.05, 3.63) is 44.6 Å². The topological polar surface area (TPSA) is 76.3 Å². The average molecular weight is 356 g/mol. The first kappa shape index (κ1) is 15.1. The number of pyridine rings is 1. The molecular formula is C13H7Cl2N3O3S. The van der Waals surface area contributed by atoms with Gasteiger partial charge >= 0.3 is 0 Å². The van der Waals surface area contributed by atoms with Gasteiger partial charge in [0.25, 0.3) is 5.69 Å². The van der Waals surface area contributed by atoms with E-state index in [0.29, 0.717) is 31.3 Å². The highest BCUT2D eigenvalue weighted by Gasteiger charge is 2.32. The van der Waals surface area contributed by atoms with Crippen LogP contribution in [0, 0.1) is 10.1 Å². The lowest BCUT2D eigenvalue weighted by Crippen LogP contribution is -2.27. The summed E-state index contributed by atoms with van der Waals surface area (Å²) >= 11 is 13.6.